The van der Waals surface area contributed by atoms with Gasteiger partial charge in [0, 0.05) is 17.8 Å². The van der Waals surface area contributed by atoms with E-state index in [1.165, 1.54) is 37.1 Å². The summed E-state index contributed by atoms with van der Waals surface area (Å²) in [5.74, 6) is -1.75. The van der Waals surface area contributed by atoms with Crippen LogP contribution < -0.4 is 5.32 Å². The SMILES string of the molecule is CCC1=C(C(=O)OC)[C@H](c2ccccc2F)N2C(CC(=O)NCc3cccc(F)c3)=CSC2=N1. The van der Waals surface area contributed by atoms with E-state index in [4.69, 9.17) is 4.74 Å². The van der Waals surface area contributed by atoms with Crippen LogP contribution in [0.1, 0.15) is 36.9 Å². The minimum absolute atomic E-state index is 0.0256. The molecule has 0 aliphatic carbocycles. The van der Waals surface area contributed by atoms with Gasteiger partial charge < -0.3 is 15.0 Å². The van der Waals surface area contributed by atoms with E-state index in [2.05, 4.69) is 10.3 Å². The van der Waals surface area contributed by atoms with Crippen molar-refractivity contribution in [1.29, 1.82) is 0 Å². The maximum atomic E-state index is 15.0. The van der Waals surface area contributed by atoms with Crippen LogP contribution in [0.4, 0.5) is 8.78 Å². The van der Waals surface area contributed by atoms with Crippen LogP contribution in [0.25, 0.3) is 0 Å². The highest BCUT2D eigenvalue weighted by atomic mass is 32.2. The lowest BCUT2D eigenvalue weighted by atomic mass is 9.92. The van der Waals surface area contributed by atoms with Gasteiger partial charge in [0.2, 0.25) is 5.91 Å². The van der Waals surface area contributed by atoms with Crippen molar-refractivity contribution in [3.8, 4) is 0 Å². The molecule has 0 radical (unpaired) electrons. The molecule has 1 amide bonds. The molecular formula is C25H23F2N3O3S. The van der Waals surface area contributed by atoms with E-state index < -0.39 is 17.8 Å². The second-order valence-electron chi connectivity index (χ2n) is 7.70. The van der Waals surface area contributed by atoms with Crippen molar-refractivity contribution in [1.82, 2.24) is 10.2 Å². The molecule has 0 saturated carbocycles. The van der Waals surface area contributed by atoms with Gasteiger partial charge in [0.1, 0.15) is 11.6 Å². The number of nitrogens with zero attached hydrogens (tertiary/aromatic N) is 2. The molecule has 2 heterocycles. The zero-order valence-electron chi connectivity index (χ0n) is 18.7. The van der Waals surface area contributed by atoms with Crippen molar-refractivity contribution >= 4 is 28.8 Å². The van der Waals surface area contributed by atoms with E-state index in [1.54, 1.807) is 40.6 Å². The van der Waals surface area contributed by atoms with Crippen molar-refractivity contribution in [2.24, 2.45) is 4.99 Å². The van der Waals surface area contributed by atoms with Gasteiger partial charge in [0.15, 0.2) is 5.17 Å². The summed E-state index contributed by atoms with van der Waals surface area (Å²) in [7, 11) is 1.27. The van der Waals surface area contributed by atoms with Crippen molar-refractivity contribution in [2.45, 2.75) is 32.4 Å². The van der Waals surface area contributed by atoms with Crippen LogP contribution in [-0.2, 0) is 20.9 Å². The number of aliphatic imine (C=N–C) groups is 1. The second-order valence-corrected chi connectivity index (χ2v) is 8.54. The van der Waals surface area contributed by atoms with Gasteiger partial charge in [-0.1, -0.05) is 49.0 Å². The van der Waals surface area contributed by atoms with Crippen molar-refractivity contribution in [3.05, 3.63) is 93.7 Å². The number of esters is 1. The van der Waals surface area contributed by atoms with Crippen LogP contribution in [0.2, 0.25) is 0 Å². The van der Waals surface area contributed by atoms with Gasteiger partial charge in [-0.05, 0) is 35.6 Å². The number of benzene rings is 2. The number of rotatable bonds is 7. The molecular weight excluding hydrogens is 460 g/mol. The van der Waals surface area contributed by atoms with E-state index >= 15 is 0 Å². The lowest BCUT2D eigenvalue weighted by Crippen LogP contribution is -2.38. The lowest BCUT2D eigenvalue weighted by molar-refractivity contribution is -0.136. The number of amides is 1. The molecule has 2 aliphatic rings. The quantitative estimate of drug-likeness (QED) is 0.573. The maximum absolute atomic E-state index is 15.0. The number of nitrogens with one attached hydrogen (secondary N) is 1. The summed E-state index contributed by atoms with van der Waals surface area (Å²) >= 11 is 1.31. The van der Waals surface area contributed by atoms with Crippen molar-refractivity contribution in [3.63, 3.8) is 0 Å². The molecule has 9 heteroatoms. The summed E-state index contributed by atoms with van der Waals surface area (Å²) in [5.41, 5.74) is 2.26. The van der Waals surface area contributed by atoms with Gasteiger partial charge in [-0.2, -0.15) is 0 Å². The molecule has 0 aromatic heterocycles. The minimum atomic E-state index is -0.826. The lowest BCUT2D eigenvalue weighted by Gasteiger charge is -2.36. The number of hydrogen-bond donors (Lipinski definition) is 1. The normalized spacial score (nSPS) is 17.2. The third-order valence-corrected chi connectivity index (χ3v) is 6.44. The summed E-state index contributed by atoms with van der Waals surface area (Å²) in [5, 5.41) is 5.12. The molecule has 0 spiro atoms. The number of carbonyl (C=O) groups excluding carboxylic acids is 2. The molecule has 4 rings (SSSR count). The average molecular weight is 484 g/mol. The van der Waals surface area contributed by atoms with Crippen LogP contribution in [0, 0.1) is 11.6 Å². The molecule has 2 aromatic rings. The Balaban J connectivity index is 1.63. The van der Waals surface area contributed by atoms with E-state index in [1.807, 2.05) is 6.92 Å². The predicted octanol–water partition coefficient (Wildman–Crippen LogP) is 4.81. The van der Waals surface area contributed by atoms with Crippen LogP contribution >= 0.6 is 11.8 Å². The molecule has 2 aliphatic heterocycles. The van der Waals surface area contributed by atoms with Gasteiger partial charge in [-0.25, -0.2) is 18.6 Å². The Bertz CT molecular complexity index is 1230. The maximum Gasteiger partial charge on any atom is 0.338 e. The Morgan fingerprint density at radius 2 is 1.97 bits per heavy atom. The van der Waals surface area contributed by atoms with Crippen LogP contribution in [-0.4, -0.2) is 29.1 Å². The molecule has 2 aromatic carbocycles. The van der Waals surface area contributed by atoms with Crippen LogP contribution in [0.15, 0.2) is 75.9 Å². The largest absolute Gasteiger partial charge is 0.466 e. The van der Waals surface area contributed by atoms with Gasteiger partial charge in [0.25, 0.3) is 0 Å². The average Bonchev–Trinajstić information content (AvgIpc) is 3.23. The molecule has 1 N–H and O–H groups in total. The number of halogens is 2. The van der Waals surface area contributed by atoms with Crippen LogP contribution in [0.3, 0.4) is 0 Å². The third-order valence-electron chi connectivity index (χ3n) is 5.55. The number of amidine groups is 1. The van der Waals surface area contributed by atoms with E-state index in [9.17, 15) is 18.4 Å². The summed E-state index contributed by atoms with van der Waals surface area (Å²) in [6.07, 6.45) is 0.430. The van der Waals surface area contributed by atoms with Gasteiger partial charge >= 0.3 is 5.97 Å². The molecule has 0 unspecified atom stereocenters. The Hall–Kier alpha value is -3.46. The fourth-order valence-corrected chi connectivity index (χ4v) is 4.92. The number of thioether (sulfide) groups is 1. The highest BCUT2D eigenvalue weighted by Gasteiger charge is 2.42. The predicted molar refractivity (Wildman–Crippen MR) is 126 cm³/mol. The van der Waals surface area contributed by atoms with Gasteiger partial charge in [0.05, 0.1) is 30.8 Å². The summed E-state index contributed by atoms with van der Waals surface area (Å²) in [6.45, 7) is 2.03. The Morgan fingerprint density at radius 1 is 1.18 bits per heavy atom. The number of ether oxygens (including phenoxy) is 1. The molecule has 34 heavy (non-hydrogen) atoms. The van der Waals surface area contributed by atoms with Crippen LogP contribution in [0.5, 0.6) is 0 Å². The monoisotopic (exact) mass is 483 g/mol. The highest BCUT2D eigenvalue weighted by Crippen LogP contribution is 2.45. The Morgan fingerprint density at radius 3 is 2.68 bits per heavy atom. The smallest absolute Gasteiger partial charge is 0.338 e. The standard InChI is InChI=1S/C25H23F2N3O3S/c1-3-20-22(24(32)33-2)23(18-9-4-5-10-19(18)27)30-17(14-34-25(30)29-20)12-21(31)28-13-15-7-6-8-16(26)11-15/h4-11,14,23H,3,12-13H2,1-2H3,(H,28,31)/t23-/m0/s1. The molecule has 176 valence electrons. The molecule has 0 fully saturated rings. The number of carbonyl (C=O) groups is 2. The summed E-state index contributed by atoms with van der Waals surface area (Å²) in [4.78, 5) is 31.9. The fourth-order valence-electron chi connectivity index (χ4n) is 3.98. The first kappa shape index (κ1) is 23.7. The summed E-state index contributed by atoms with van der Waals surface area (Å²) < 4.78 is 33.4. The number of allylic oxidation sites excluding steroid dienone is 1. The Kier molecular flexibility index (Phi) is 7.12. The summed E-state index contributed by atoms with van der Waals surface area (Å²) in [6, 6.07) is 11.4. The number of fused-ring (bicyclic) bond motifs is 1. The topological polar surface area (TPSA) is 71.0 Å². The molecule has 0 bridgehead atoms. The Labute approximate surface area is 200 Å². The molecule has 6 nitrogen and oxygen atoms in total. The number of hydrogen-bond acceptors (Lipinski definition) is 6. The minimum Gasteiger partial charge on any atom is -0.466 e. The van der Waals surface area contributed by atoms with Gasteiger partial charge in [-0.3, -0.25) is 4.79 Å². The van der Waals surface area contributed by atoms with Crippen molar-refractivity contribution in [2.75, 3.05) is 7.11 Å². The van der Waals surface area contributed by atoms with Gasteiger partial charge in [-0.15, -0.1) is 0 Å². The van der Waals surface area contributed by atoms with E-state index in [0.29, 0.717) is 28.5 Å². The van der Waals surface area contributed by atoms with Crippen molar-refractivity contribution < 1.29 is 23.1 Å². The second kappa shape index (κ2) is 10.2. The zero-order chi connectivity index (χ0) is 24.2. The first-order valence-corrected chi connectivity index (χ1v) is 11.6. The van der Waals surface area contributed by atoms with E-state index in [-0.39, 0.29) is 35.8 Å². The first-order chi connectivity index (χ1) is 16.4. The highest BCUT2D eigenvalue weighted by molar-refractivity contribution is 8.16. The fraction of sp³-hybridized carbons (Fsp3) is 0.240. The molecule has 0 saturated heterocycles. The first-order valence-electron chi connectivity index (χ1n) is 10.7. The third kappa shape index (κ3) is 4.75. The molecule has 1 atom stereocenters. The zero-order valence-corrected chi connectivity index (χ0v) is 19.5. The number of methoxy groups -OCH3 is 1. The van der Waals surface area contributed by atoms with E-state index in [0.717, 1.165) is 0 Å².